The molecule has 2 aromatic rings. The van der Waals surface area contributed by atoms with E-state index in [0.29, 0.717) is 29.9 Å². The van der Waals surface area contributed by atoms with Crippen LogP contribution in [0.1, 0.15) is 24.2 Å². The summed E-state index contributed by atoms with van der Waals surface area (Å²) in [6.45, 7) is 4.18. The van der Waals surface area contributed by atoms with Gasteiger partial charge in [0.15, 0.2) is 5.82 Å². The van der Waals surface area contributed by atoms with Gasteiger partial charge >= 0.3 is 0 Å². The van der Waals surface area contributed by atoms with E-state index in [4.69, 9.17) is 10.4 Å². The first-order valence-electron chi connectivity index (χ1n) is 5.58. The molecular weight excluding hydrogens is 234 g/mol. The number of aryl methyl sites for hydroxylation is 1. The van der Waals surface area contributed by atoms with Crippen molar-refractivity contribution in [1.82, 2.24) is 20.1 Å². The molecule has 0 spiro atoms. The van der Waals surface area contributed by atoms with E-state index in [1.54, 1.807) is 6.92 Å². The van der Waals surface area contributed by atoms with E-state index in [2.05, 4.69) is 30.9 Å². The summed E-state index contributed by atoms with van der Waals surface area (Å²) in [4.78, 5) is 12.3. The molecule has 0 fully saturated rings. The third kappa shape index (κ3) is 2.54. The fourth-order valence-electron chi connectivity index (χ4n) is 1.60. The first-order chi connectivity index (χ1) is 8.74. The van der Waals surface area contributed by atoms with Crippen molar-refractivity contribution in [3.05, 3.63) is 23.6 Å². The molecule has 0 amide bonds. The molecule has 0 aliphatic carbocycles. The van der Waals surface area contributed by atoms with Crippen molar-refractivity contribution in [2.75, 3.05) is 10.7 Å². The maximum Gasteiger partial charge on any atom is 0.223 e. The minimum absolute atomic E-state index is 0.436. The van der Waals surface area contributed by atoms with E-state index < -0.39 is 0 Å². The second kappa shape index (κ2) is 5.41. The average Bonchev–Trinajstić information content (AvgIpc) is 2.81. The molecule has 8 heteroatoms. The van der Waals surface area contributed by atoms with E-state index in [1.807, 2.05) is 6.92 Å². The van der Waals surface area contributed by atoms with Gasteiger partial charge in [0.25, 0.3) is 0 Å². The van der Waals surface area contributed by atoms with Gasteiger partial charge in [-0.15, -0.1) is 0 Å². The molecule has 8 nitrogen and oxygen atoms in total. The quantitative estimate of drug-likeness (QED) is 0.522. The summed E-state index contributed by atoms with van der Waals surface area (Å²) >= 11 is 0. The smallest absolute Gasteiger partial charge is 0.223 e. The Morgan fingerprint density at radius 2 is 2.11 bits per heavy atom. The predicted molar refractivity (Wildman–Crippen MR) is 65.6 cm³/mol. The molecular formula is C10H15N7O. The molecule has 0 aliphatic heterocycles. The van der Waals surface area contributed by atoms with Crippen molar-refractivity contribution in [3.8, 4) is 0 Å². The maximum atomic E-state index is 5.40. The molecule has 0 aromatic carbocycles. The molecule has 2 heterocycles. The molecule has 0 saturated carbocycles. The van der Waals surface area contributed by atoms with Crippen molar-refractivity contribution in [2.45, 2.75) is 26.8 Å². The molecule has 0 bridgehead atoms. The van der Waals surface area contributed by atoms with E-state index in [1.165, 1.54) is 6.33 Å². The van der Waals surface area contributed by atoms with Gasteiger partial charge in [0.2, 0.25) is 5.89 Å². The van der Waals surface area contributed by atoms with Gasteiger partial charge in [0, 0.05) is 12.5 Å². The molecule has 18 heavy (non-hydrogen) atoms. The number of nitrogen functional groups attached to an aromatic ring is 1. The van der Waals surface area contributed by atoms with E-state index in [0.717, 1.165) is 12.0 Å². The molecule has 2 rings (SSSR count). The number of hydrogen-bond donors (Lipinski definition) is 3. The molecule has 2 aromatic heterocycles. The fraction of sp³-hybridized carbons (Fsp3) is 0.400. The molecule has 0 atom stereocenters. The Kier molecular flexibility index (Phi) is 3.68. The van der Waals surface area contributed by atoms with Gasteiger partial charge in [-0.3, -0.25) is 0 Å². The highest BCUT2D eigenvalue weighted by atomic mass is 16.5. The summed E-state index contributed by atoms with van der Waals surface area (Å²) in [7, 11) is 0. The van der Waals surface area contributed by atoms with Gasteiger partial charge in [-0.1, -0.05) is 12.1 Å². The Balaban J connectivity index is 2.13. The number of rotatable bonds is 5. The van der Waals surface area contributed by atoms with Crippen LogP contribution in [0.2, 0.25) is 0 Å². The maximum absolute atomic E-state index is 5.40. The lowest BCUT2D eigenvalue weighted by molar-refractivity contribution is 0.388. The monoisotopic (exact) mass is 249 g/mol. The second-order valence-electron chi connectivity index (χ2n) is 3.63. The Morgan fingerprint density at radius 1 is 1.33 bits per heavy atom. The van der Waals surface area contributed by atoms with Crippen LogP contribution in [0.25, 0.3) is 0 Å². The number of aromatic nitrogens is 4. The van der Waals surface area contributed by atoms with Gasteiger partial charge < -0.3 is 15.3 Å². The van der Waals surface area contributed by atoms with Crippen LogP contribution in [0.4, 0.5) is 11.6 Å². The highest BCUT2D eigenvalue weighted by molar-refractivity contribution is 5.56. The highest BCUT2D eigenvalue weighted by Gasteiger charge is 2.09. The molecule has 96 valence electrons. The van der Waals surface area contributed by atoms with Gasteiger partial charge in [-0.2, -0.15) is 4.98 Å². The summed E-state index contributed by atoms with van der Waals surface area (Å²) in [5, 5.41) is 6.93. The second-order valence-corrected chi connectivity index (χ2v) is 3.63. The molecule has 0 unspecified atom stereocenters. The predicted octanol–water partition coefficient (Wildman–Crippen LogP) is 0.628. The van der Waals surface area contributed by atoms with Gasteiger partial charge in [0.1, 0.15) is 18.0 Å². The molecule has 0 aliphatic rings. The minimum Gasteiger partial charge on any atom is -0.362 e. The lowest BCUT2D eigenvalue weighted by atomic mass is 10.2. The summed E-state index contributed by atoms with van der Waals surface area (Å²) < 4.78 is 4.89. The first-order valence-corrected chi connectivity index (χ1v) is 5.58. The van der Waals surface area contributed by atoms with Crippen molar-refractivity contribution in [1.29, 1.82) is 0 Å². The fourth-order valence-corrected chi connectivity index (χ4v) is 1.60. The van der Waals surface area contributed by atoms with Crippen LogP contribution in [-0.2, 0) is 13.0 Å². The van der Waals surface area contributed by atoms with E-state index in [9.17, 15) is 0 Å². The van der Waals surface area contributed by atoms with Gasteiger partial charge in [-0.25, -0.2) is 15.8 Å². The van der Waals surface area contributed by atoms with Crippen molar-refractivity contribution in [3.63, 3.8) is 0 Å². The Hall–Kier alpha value is -2.22. The highest BCUT2D eigenvalue weighted by Crippen LogP contribution is 2.19. The van der Waals surface area contributed by atoms with Crippen LogP contribution >= 0.6 is 0 Å². The largest absolute Gasteiger partial charge is 0.362 e. The van der Waals surface area contributed by atoms with E-state index in [-0.39, 0.29) is 0 Å². The molecule has 0 radical (unpaired) electrons. The van der Waals surface area contributed by atoms with Crippen LogP contribution < -0.4 is 16.6 Å². The Labute approximate surface area is 104 Å². The Bertz CT molecular complexity index is 525. The lowest BCUT2D eigenvalue weighted by Crippen LogP contribution is -2.14. The standard InChI is InChI=1S/C10H15N7O/c1-3-7-9(13-5-14-10(7)16-11)12-4-8-15-6(2)18-17-8/h5H,3-4,11H2,1-2H3,(H2,12,13,14,16). The number of hydrogen-bond acceptors (Lipinski definition) is 8. The SMILES string of the molecule is CCc1c(NN)ncnc1NCc1noc(C)n1. The molecule has 0 saturated heterocycles. The number of nitrogens with one attached hydrogen (secondary N) is 2. The van der Waals surface area contributed by atoms with Crippen molar-refractivity contribution >= 4 is 11.6 Å². The topological polar surface area (TPSA) is 115 Å². The third-order valence-corrected chi connectivity index (χ3v) is 2.42. The lowest BCUT2D eigenvalue weighted by Gasteiger charge is -2.11. The summed E-state index contributed by atoms with van der Waals surface area (Å²) in [6.07, 6.45) is 2.20. The molecule has 4 N–H and O–H groups in total. The first kappa shape index (κ1) is 12.2. The summed E-state index contributed by atoms with van der Waals surface area (Å²) in [6, 6.07) is 0. The van der Waals surface area contributed by atoms with Crippen LogP contribution in [0.5, 0.6) is 0 Å². The zero-order valence-corrected chi connectivity index (χ0v) is 10.3. The zero-order chi connectivity index (χ0) is 13.0. The van der Waals surface area contributed by atoms with Gasteiger partial charge in [-0.05, 0) is 6.42 Å². The average molecular weight is 249 g/mol. The van der Waals surface area contributed by atoms with Crippen LogP contribution in [0, 0.1) is 6.92 Å². The van der Waals surface area contributed by atoms with Crippen molar-refractivity contribution < 1.29 is 4.52 Å². The Morgan fingerprint density at radius 3 is 2.72 bits per heavy atom. The summed E-state index contributed by atoms with van der Waals surface area (Å²) in [5.41, 5.74) is 3.47. The summed E-state index contributed by atoms with van der Waals surface area (Å²) in [5.74, 6) is 7.84. The normalized spacial score (nSPS) is 10.4. The number of anilines is 2. The number of nitrogens with two attached hydrogens (primary N) is 1. The zero-order valence-electron chi connectivity index (χ0n) is 10.3. The van der Waals surface area contributed by atoms with E-state index >= 15 is 0 Å². The van der Waals surface area contributed by atoms with Crippen LogP contribution in [0.3, 0.4) is 0 Å². The van der Waals surface area contributed by atoms with Gasteiger partial charge in [0.05, 0.1) is 6.54 Å². The number of hydrazine groups is 1. The van der Waals surface area contributed by atoms with Crippen molar-refractivity contribution in [2.24, 2.45) is 5.84 Å². The van der Waals surface area contributed by atoms with Crippen LogP contribution in [0.15, 0.2) is 10.9 Å². The number of nitrogens with zero attached hydrogens (tertiary/aromatic N) is 4. The third-order valence-electron chi connectivity index (χ3n) is 2.42. The van der Waals surface area contributed by atoms with Crippen LogP contribution in [-0.4, -0.2) is 20.1 Å². The minimum atomic E-state index is 0.436.